The molecule has 0 fully saturated rings. The predicted molar refractivity (Wildman–Crippen MR) is 43.7 cm³/mol. The Balaban J connectivity index is 3.64. The van der Waals surface area contributed by atoms with Crippen LogP contribution in [0.25, 0.3) is 0 Å². The molecule has 0 aromatic rings. The van der Waals surface area contributed by atoms with Crippen LogP contribution in [-0.2, 0) is 4.79 Å². The van der Waals surface area contributed by atoms with Crippen molar-refractivity contribution in [2.75, 3.05) is 0 Å². The molecule has 0 heterocycles. The third-order valence-corrected chi connectivity index (χ3v) is 1.08. The van der Waals surface area contributed by atoms with E-state index in [0.29, 0.717) is 0 Å². The highest BCUT2D eigenvalue weighted by Crippen LogP contribution is 1.92. The van der Waals surface area contributed by atoms with E-state index in [-0.39, 0.29) is 18.6 Å². The SMILES string of the molecule is N#CC=CCC(=O)CC=CC#N. The van der Waals surface area contributed by atoms with E-state index in [9.17, 15) is 4.79 Å². The molecule has 0 bridgehead atoms. The van der Waals surface area contributed by atoms with Crippen molar-refractivity contribution in [3.63, 3.8) is 0 Å². The number of nitriles is 2. The normalized spacial score (nSPS) is 9.83. The first-order valence-electron chi connectivity index (χ1n) is 3.42. The molecule has 0 rings (SSSR count). The Kier molecular flexibility index (Phi) is 6.11. The number of carbonyl (C=O) groups excluding carboxylic acids is 1. The Hall–Kier alpha value is -1.87. The minimum absolute atomic E-state index is 0.00648. The molecular weight excluding hydrogens is 152 g/mol. The highest BCUT2D eigenvalue weighted by Gasteiger charge is 1.93. The van der Waals surface area contributed by atoms with Gasteiger partial charge in [-0.15, -0.1) is 0 Å². The van der Waals surface area contributed by atoms with Crippen LogP contribution in [0.2, 0.25) is 0 Å². The number of hydrogen-bond acceptors (Lipinski definition) is 3. The zero-order valence-corrected chi connectivity index (χ0v) is 6.53. The van der Waals surface area contributed by atoms with Crippen molar-refractivity contribution in [1.82, 2.24) is 0 Å². The summed E-state index contributed by atoms with van der Waals surface area (Å²) in [6.45, 7) is 0. The van der Waals surface area contributed by atoms with Crippen molar-refractivity contribution in [2.45, 2.75) is 12.8 Å². The lowest BCUT2D eigenvalue weighted by Gasteiger charge is -1.86. The van der Waals surface area contributed by atoms with Crippen molar-refractivity contribution in [3.8, 4) is 12.1 Å². The molecule has 0 aliphatic heterocycles. The van der Waals surface area contributed by atoms with Crippen molar-refractivity contribution < 1.29 is 4.79 Å². The van der Waals surface area contributed by atoms with Crippen LogP contribution in [0.3, 0.4) is 0 Å². The van der Waals surface area contributed by atoms with Gasteiger partial charge in [0.15, 0.2) is 0 Å². The molecule has 3 nitrogen and oxygen atoms in total. The van der Waals surface area contributed by atoms with Crippen molar-refractivity contribution in [3.05, 3.63) is 24.3 Å². The molecular formula is C9H8N2O. The van der Waals surface area contributed by atoms with Gasteiger partial charge in [0.2, 0.25) is 0 Å². The summed E-state index contributed by atoms with van der Waals surface area (Å²) in [5.74, 6) is -0.00648. The summed E-state index contributed by atoms with van der Waals surface area (Å²) in [5.41, 5.74) is 0. The van der Waals surface area contributed by atoms with Crippen LogP contribution in [0.1, 0.15) is 12.8 Å². The zero-order valence-electron chi connectivity index (χ0n) is 6.53. The quantitative estimate of drug-likeness (QED) is 0.585. The minimum atomic E-state index is -0.00648. The lowest BCUT2D eigenvalue weighted by Crippen LogP contribution is -1.91. The third kappa shape index (κ3) is 6.25. The molecule has 0 N–H and O–H groups in total. The van der Waals surface area contributed by atoms with Gasteiger partial charge >= 0.3 is 0 Å². The fourth-order valence-corrected chi connectivity index (χ4v) is 0.569. The van der Waals surface area contributed by atoms with Gasteiger partial charge in [0.25, 0.3) is 0 Å². The summed E-state index contributed by atoms with van der Waals surface area (Å²) in [4.78, 5) is 10.9. The van der Waals surface area contributed by atoms with E-state index in [1.165, 1.54) is 24.3 Å². The molecule has 12 heavy (non-hydrogen) atoms. The summed E-state index contributed by atoms with van der Waals surface area (Å²) in [6, 6.07) is 3.57. The van der Waals surface area contributed by atoms with Crippen LogP contribution in [0.4, 0.5) is 0 Å². The second-order valence-electron chi connectivity index (χ2n) is 2.01. The van der Waals surface area contributed by atoms with E-state index in [2.05, 4.69) is 0 Å². The number of ketones is 1. The maximum atomic E-state index is 10.9. The average Bonchev–Trinajstić information content (AvgIpc) is 2.06. The van der Waals surface area contributed by atoms with Crippen LogP contribution >= 0.6 is 0 Å². The smallest absolute Gasteiger partial charge is 0.140 e. The van der Waals surface area contributed by atoms with Crippen LogP contribution in [0, 0.1) is 22.7 Å². The van der Waals surface area contributed by atoms with Gasteiger partial charge < -0.3 is 0 Å². The lowest BCUT2D eigenvalue weighted by atomic mass is 10.2. The lowest BCUT2D eigenvalue weighted by molar-refractivity contribution is -0.117. The third-order valence-electron chi connectivity index (χ3n) is 1.08. The van der Waals surface area contributed by atoms with E-state index >= 15 is 0 Å². The first-order valence-corrected chi connectivity index (χ1v) is 3.42. The van der Waals surface area contributed by atoms with Crippen LogP contribution in [-0.4, -0.2) is 5.78 Å². The van der Waals surface area contributed by atoms with Gasteiger partial charge in [0, 0.05) is 25.0 Å². The predicted octanol–water partition coefficient (Wildman–Crippen LogP) is 1.50. The maximum Gasteiger partial charge on any atom is 0.140 e. The number of rotatable bonds is 4. The number of nitrogens with zero attached hydrogens (tertiary/aromatic N) is 2. The molecule has 60 valence electrons. The fraction of sp³-hybridized carbons (Fsp3) is 0.222. The van der Waals surface area contributed by atoms with Crippen molar-refractivity contribution in [1.29, 1.82) is 10.5 Å². The van der Waals surface area contributed by atoms with E-state index in [4.69, 9.17) is 10.5 Å². The first-order chi connectivity index (χ1) is 5.81. The molecule has 0 unspecified atom stereocenters. The van der Waals surface area contributed by atoms with E-state index in [0.717, 1.165) is 0 Å². The van der Waals surface area contributed by atoms with Crippen molar-refractivity contribution in [2.24, 2.45) is 0 Å². The second kappa shape index (κ2) is 7.24. The molecule has 0 saturated heterocycles. The topological polar surface area (TPSA) is 64.7 Å². The molecule has 0 aromatic carbocycles. The number of hydrogen-bond donors (Lipinski definition) is 0. The summed E-state index contributed by atoms with van der Waals surface area (Å²) >= 11 is 0. The monoisotopic (exact) mass is 160 g/mol. The Labute approximate surface area is 71.2 Å². The molecule has 0 aliphatic rings. The van der Waals surface area contributed by atoms with Gasteiger partial charge in [-0.25, -0.2) is 0 Å². The number of Topliss-reactive ketones (excluding diaryl/α,β-unsaturated/α-hetero) is 1. The molecule has 0 saturated carbocycles. The number of carbonyl (C=O) groups is 1. The van der Waals surface area contributed by atoms with Crippen LogP contribution in [0.15, 0.2) is 24.3 Å². The molecule has 0 amide bonds. The van der Waals surface area contributed by atoms with Gasteiger partial charge in [0.05, 0.1) is 12.1 Å². The van der Waals surface area contributed by atoms with Gasteiger partial charge in [-0.2, -0.15) is 10.5 Å². The Morgan fingerprint density at radius 3 is 1.83 bits per heavy atom. The van der Waals surface area contributed by atoms with Crippen LogP contribution < -0.4 is 0 Å². The highest BCUT2D eigenvalue weighted by molar-refractivity contribution is 5.81. The largest absolute Gasteiger partial charge is 0.299 e. The standard InChI is InChI=1S/C9H8N2O/c10-7-3-1-5-9(12)6-2-4-8-11/h1-4H,5-6H2. The molecule has 0 radical (unpaired) electrons. The second-order valence-corrected chi connectivity index (χ2v) is 2.01. The molecule has 3 heteroatoms. The fourth-order valence-electron chi connectivity index (χ4n) is 0.569. The summed E-state index contributed by atoms with van der Waals surface area (Å²) in [6.07, 6.45) is 6.05. The van der Waals surface area contributed by atoms with E-state index in [1.807, 2.05) is 0 Å². The molecule has 0 aromatic heterocycles. The van der Waals surface area contributed by atoms with Crippen molar-refractivity contribution >= 4 is 5.78 Å². The molecule has 0 aliphatic carbocycles. The molecule has 0 atom stereocenters. The number of allylic oxidation sites excluding steroid dienone is 4. The first kappa shape index (κ1) is 10.1. The summed E-state index contributed by atoms with van der Waals surface area (Å²) < 4.78 is 0. The van der Waals surface area contributed by atoms with Gasteiger partial charge in [0.1, 0.15) is 5.78 Å². The maximum absolute atomic E-state index is 10.9. The minimum Gasteiger partial charge on any atom is -0.299 e. The average molecular weight is 160 g/mol. The highest BCUT2D eigenvalue weighted by atomic mass is 16.1. The van der Waals surface area contributed by atoms with Gasteiger partial charge in [-0.05, 0) is 0 Å². The Morgan fingerprint density at radius 2 is 1.50 bits per heavy atom. The zero-order chi connectivity index (χ0) is 9.23. The summed E-state index contributed by atoms with van der Waals surface area (Å²) in [5, 5.41) is 16.2. The van der Waals surface area contributed by atoms with E-state index in [1.54, 1.807) is 12.1 Å². The Bertz CT molecular complexity index is 248. The van der Waals surface area contributed by atoms with Crippen LogP contribution in [0.5, 0.6) is 0 Å². The van der Waals surface area contributed by atoms with Gasteiger partial charge in [-0.3, -0.25) is 4.79 Å². The molecule has 0 spiro atoms. The summed E-state index contributed by atoms with van der Waals surface area (Å²) in [7, 11) is 0. The Morgan fingerprint density at radius 1 is 1.08 bits per heavy atom. The van der Waals surface area contributed by atoms with Gasteiger partial charge in [-0.1, -0.05) is 12.2 Å². The van der Waals surface area contributed by atoms with E-state index < -0.39 is 0 Å².